The Bertz CT molecular complexity index is 410. The third-order valence-corrected chi connectivity index (χ3v) is 2.95. The molecule has 2 nitrogen and oxygen atoms in total. The standard InChI is InChI=1S/C17H28FNO/c1-13(2)7-6-8-20-16-10-14(9-15(18)11-16)12-19-17(3,4)5/h9-11,13,19H,6-8,12H2,1-5H3. The van der Waals surface area contributed by atoms with E-state index in [1.807, 2.05) is 6.07 Å². The minimum absolute atomic E-state index is 0.0185. The first-order valence-corrected chi connectivity index (χ1v) is 7.43. The number of nitrogens with one attached hydrogen (secondary N) is 1. The van der Waals surface area contributed by atoms with Gasteiger partial charge in [-0.05, 0) is 57.2 Å². The van der Waals surface area contributed by atoms with Gasteiger partial charge in [-0.15, -0.1) is 0 Å². The lowest BCUT2D eigenvalue weighted by Gasteiger charge is -2.20. The summed E-state index contributed by atoms with van der Waals surface area (Å²) in [7, 11) is 0. The summed E-state index contributed by atoms with van der Waals surface area (Å²) < 4.78 is 19.2. The van der Waals surface area contributed by atoms with Crippen molar-refractivity contribution in [3.63, 3.8) is 0 Å². The molecule has 20 heavy (non-hydrogen) atoms. The van der Waals surface area contributed by atoms with Crippen LogP contribution in [-0.4, -0.2) is 12.1 Å². The van der Waals surface area contributed by atoms with Crippen molar-refractivity contribution in [3.05, 3.63) is 29.6 Å². The van der Waals surface area contributed by atoms with Gasteiger partial charge >= 0.3 is 0 Å². The lowest BCUT2D eigenvalue weighted by Crippen LogP contribution is -2.35. The fraction of sp³-hybridized carbons (Fsp3) is 0.647. The molecule has 0 amide bonds. The van der Waals surface area contributed by atoms with Crippen LogP contribution in [0.15, 0.2) is 18.2 Å². The van der Waals surface area contributed by atoms with Crippen molar-refractivity contribution in [2.75, 3.05) is 6.61 Å². The molecule has 0 aliphatic rings. The second kappa shape index (κ2) is 7.63. The predicted molar refractivity (Wildman–Crippen MR) is 82.6 cm³/mol. The molecule has 0 saturated heterocycles. The molecule has 0 saturated carbocycles. The first-order valence-electron chi connectivity index (χ1n) is 7.43. The summed E-state index contributed by atoms with van der Waals surface area (Å²) in [4.78, 5) is 0. The van der Waals surface area contributed by atoms with E-state index in [0.29, 0.717) is 24.8 Å². The van der Waals surface area contributed by atoms with E-state index >= 15 is 0 Å². The van der Waals surface area contributed by atoms with E-state index < -0.39 is 0 Å². The van der Waals surface area contributed by atoms with Gasteiger partial charge in [0.1, 0.15) is 11.6 Å². The van der Waals surface area contributed by atoms with Gasteiger partial charge in [-0.2, -0.15) is 0 Å². The molecule has 0 heterocycles. The first-order chi connectivity index (χ1) is 9.26. The predicted octanol–water partition coefficient (Wildman–Crippen LogP) is 4.53. The summed E-state index contributed by atoms with van der Waals surface area (Å²) in [6, 6.07) is 4.92. The molecule has 0 aliphatic heterocycles. The van der Waals surface area contributed by atoms with E-state index in [2.05, 4.69) is 39.9 Å². The van der Waals surface area contributed by atoms with Crippen LogP contribution in [0.2, 0.25) is 0 Å². The largest absolute Gasteiger partial charge is 0.493 e. The van der Waals surface area contributed by atoms with Crippen LogP contribution in [-0.2, 0) is 6.54 Å². The second-order valence-corrected chi connectivity index (χ2v) is 6.78. The molecule has 1 rings (SSSR count). The van der Waals surface area contributed by atoms with Crippen molar-refractivity contribution < 1.29 is 9.13 Å². The van der Waals surface area contributed by atoms with Crippen molar-refractivity contribution >= 4 is 0 Å². The Kier molecular flexibility index (Phi) is 6.47. The van der Waals surface area contributed by atoms with Gasteiger partial charge in [-0.1, -0.05) is 13.8 Å². The summed E-state index contributed by atoms with van der Waals surface area (Å²) in [6.07, 6.45) is 2.14. The van der Waals surface area contributed by atoms with Gasteiger partial charge in [0.2, 0.25) is 0 Å². The zero-order chi connectivity index (χ0) is 15.2. The van der Waals surface area contributed by atoms with E-state index in [4.69, 9.17) is 4.74 Å². The Hall–Kier alpha value is -1.09. The van der Waals surface area contributed by atoms with Gasteiger partial charge in [0.05, 0.1) is 6.61 Å². The second-order valence-electron chi connectivity index (χ2n) is 6.78. The highest BCUT2D eigenvalue weighted by Gasteiger charge is 2.09. The van der Waals surface area contributed by atoms with Crippen LogP contribution in [0.4, 0.5) is 4.39 Å². The van der Waals surface area contributed by atoms with Crippen LogP contribution >= 0.6 is 0 Å². The molecule has 1 aromatic rings. The summed E-state index contributed by atoms with van der Waals surface area (Å²) >= 11 is 0. The number of halogens is 1. The molecule has 1 N–H and O–H groups in total. The smallest absolute Gasteiger partial charge is 0.127 e. The number of ether oxygens (including phenoxy) is 1. The molecule has 0 atom stereocenters. The Labute approximate surface area is 122 Å². The van der Waals surface area contributed by atoms with Crippen LogP contribution in [0, 0.1) is 11.7 Å². The maximum atomic E-state index is 13.6. The van der Waals surface area contributed by atoms with Gasteiger partial charge < -0.3 is 10.1 Å². The van der Waals surface area contributed by atoms with Crippen molar-refractivity contribution in [2.45, 2.75) is 59.5 Å². The molecule has 0 radical (unpaired) electrons. The van der Waals surface area contributed by atoms with Crippen LogP contribution in [0.1, 0.15) is 53.0 Å². The fourth-order valence-electron chi connectivity index (χ4n) is 1.85. The van der Waals surface area contributed by atoms with Crippen molar-refractivity contribution in [2.24, 2.45) is 5.92 Å². The zero-order valence-corrected chi connectivity index (χ0v) is 13.4. The molecule has 0 aliphatic carbocycles. The fourth-order valence-corrected chi connectivity index (χ4v) is 1.85. The van der Waals surface area contributed by atoms with Gasteiger partial charge in [0.15, 0.2) is 0 Å². The summed E-state index contributed by atoms with van der Waals surface area (Å²) in [5.41, 5.74) is 0.934. The van der Waals surface area contributed by atoms with E-state index in [9.17, 15) is 4.39 Å². The van der Waals surface area contributed by atoms with E-state index in [0.717, 1.165) is 18.4 Å². The van der Waals surface area contributed by atoms with Crippen LogP contribution in [0.5, 0.6) is 5.75 Å². The average molecular weight is 281 g/mol. The van der Waals surface area contributed by atoms with Gasteiger partial charge in [0.25, 0.3) is 0 Å². The number of hydrogen-bond acceptors (Lipinski definition) is 2. The molecule has 0 aromatic heterocycles. The highest BCUT2D eigenvalue weighted by atomic mass is 19.1. The summed E-state index contributed by atoms with van der Waals surface area (Å²) in [5, 5.41) is 3.35. The Morgan fingerprint density at radius 1 is 1.20 bits per heavy atom. The first kappa shape index (κ1) is 17.0. The Morgan fingerprint density at radius 2 is 1.90 bits per heavy atom. The number of rotatable bonds is 7. The zero-order valence-electron chi connectivity index (χ0n) is 13.4. The van der Waals surface area contributed by atoms with E-state index in [-0.39, 0.29) is 11.4 Å². The quantitative estimate of drug-likeness (QED) is 0.741. The van der Waals surface area contributed by atoms with Crippen molar-refractivity contribution in [1.82, 2.24) is 5.32 Å². The molecular weight excluding hydrogens is 253 g/mol. The highest BCUT2D eigenvalue weighted by Crippen LogP contribution is 2.18. The third-order valence-electron chi connectivity index (χ3n) is 2.95. The Balaban J connectivity index is 2.53. The van der Waals surface area contributed by atoms with Crippen molar-refractivity contribution in [1.29, 1.82) is 0 Å². The summed E-state index contributed by atoms with van der Waals surface area (Å²) in [6.45, 7) is 12.0. The maximum Gasteiger partial charge on any atom is 0.127 e. The van der Waals surface area contributed by atoms with E-state index in [1.54, 1.807) is 6.07 Å². The molecule has 114 valence electrons. The molecule has 0 bridgehead atoms. The molecule has 3 heteroatoms. The molecular formula is C17H28FNO. The minimum Gasteiger partial charge on any atom is -0.493 e. The third kappa shape index (κ3) is 7.49. The lowest BCUT2D eigenvalue weighted by molar-refractivity contribution is 0.296. The minimum atomic E-state index is -0.239. The molecule has 1 aromatic carbocycles. The van der Waals surface area contributed by atoms with Crippen molar-refractivity contribution in [3.8, 4) is 5.75 Å². The summed E-state index contributed by atoms with van der Waals surface area (Å²) in [5.74, 6) is 1.06. The topological polar surface area (TPSA) is 21.3 Å². The number of benzene rings is 1. The molecule has 0 fully saturated rings. The number of hydrogen-bond donors (Lipinski definition) is 1. The highest BCUT2D eigenvalue weighted by molar-refractivity contribution is 5.29. The normalized spacial score (nSPS) is 11.9. The van der Waals surface area contributed by atoms with Crippen LogP contribution in [0.3, 0.4) is 0 Å². The van der Waals surface area contributed by atoms with Crippen LogP contribution < -0.4 is 10.1 Å². The molecule has 0 unspecified atom stereocenters. The van der Waals surface area contributed by atoms with E-state index in [1.165, 1.54) is 6.07 Å². The van der Waals surface area contributed by atoms with Crippen LogP contribution in [0.25, 0.3) is 0 Å². The molecule has 0 spiro atoms. The van der Waals surface area contributed by atoms with Gasteiger partial charge in [-0.3, -0.25) is 0 Å². The van der Waals surface area contributed by atoms with Gasteiger partial charge in [0, 0.05) is 18.2 Å². The lowest BCUT2D eigenvalue weighted by atomic mass is 10.1. The SMILES string of the molecule is CC(C)CCCOc1cc(F)cc(CNC(C)(C)C)c1. The monoisotopic (exact) mass is 281 g/mol. The maximum absolute atomic E-state index is 13.6. The average Bonchev–Trinajstić information content (AvgIpc) is 2.30. The Morgan fingerprint density at radius 3 is 2.50 bits per heavy atom. The van der Waals surface area contributed by atoms with Gasteiger partial charge in [-0.25, -0.2) is 4.39 Å².